The molecule has 0 atom stereocenters. The third-order valence-corrected chi connectivity index (χ3v) is 3.90. The summed E-state index contributed by atoms with van der Waals surface area (Å²) in [6.07, 6.45) is 0. The van der Waals surface area contributed by atoms with Crippen molar-refractivity contribution in [3.8, 4) is 0 Å². The number of ether oxygens (including phenoxy) is 1. The lowest BCUT2D eigenvalue weighted by Gasteiger charge is -2.13. The summed E-state index contributed by atoms with van der Waals surface area (Å²) in [5, 5.41) is 4.83. The molecule has 4 nitrogen and oxygen atoms in total. The highest BCUT2D eigenvalue weighted by molar-refractivity contribution is 6.31. The van der Waals surface area contributed by atoms with Gasteiger partial charge in [-0.15, -0.1) is 0 Å². The first-order valence-electron chi connectivity index (χ1n) is 7.68. The van der Waals surface area contributed by atoms with E-state index in [2.05, 4.69) is 10.3 Å². The number of aryl methyl sites for hydroxylation is 1. The van der Waals surface area contributed by atoms with Crippen LogP contribution >= 0.6 is 11.6 Å². The summed E-state index contributed by atoms with van der Waals surface area (Å²) < 4.78 is 5.07. The maximum atomic E-state index is 12.1. The summed E-state index contributed by atoms with van der Waals surface area (Å²) in [6.45, 7) is 4.09. The fourth-order valence-electron chi connectivity index (χ4n) is 2.47. The number of nitrogens with zero attached hydrogens (tertiary/aromatic N) is 1. The maximum Gasteiger partial charge on any atom is 0.357 e. The molecule has 1 heterocycles. The summed E-state index contributed by atoms with van der Waals surface area (Å²) in [5.41, 5.74) is 3.77. The van der Waals surface area contributed by atoms with Gasteiger partial charge in [-0.05, 0) is 49.7 Å². The van der Waals surface area contributed by atoms with Gasteiger partial charge >= 0.3 is 5.97 Å². The minimum absolute atomic E-state index is 0.266. The molecule has 1 N–H and O–H groups in total. The average molecular weight is 341 g/mol. The van der Waals surface area contributed by atoms with E-state index in [4.69, 9.17) is 16.3 Å². The van der Waals surface area contributed by atoms with Crippen molar-refractivity contribution < 1.29 is 9.53 Å². The van der Waals surface area contributed by atoms with Crippen molar-refractivity contribution >= 4 is 39.8 Å². The first-order chi connectivity index (χ1) is 11.6. The first kappa shape index (κ1) is 16.3. The van der Waals surface area contributed by atoms with E-state index in [9.17, 15) is 4.79 Å². The third-order valence-electron chi connectivity index (χ3n) is 3.67. The zero-order valence-corrected chi connectivity index (χ0v) is 14.2. The molecule has 1 aromatic heterocycles. The molecule has 0 unspecified atom stereocenters. The van der Waals surface area contributed by atoms with Crippen LogP contribution in [-0.2, 0) is 4.74 Å². The van der Waals surface area contributed by atoms with E-state index in [0.717, 1.165) is 22.3 Å². The van der Waals surface area contributed by atoms with Crippen LogP contribution in [0.4, 0.5) is 11.4 Å². The molecule has 3 aromatic rings. The highest BCUT2D eigenvalue weighted by Gasteiger charge is 2.14. The Balaban J connectivity index is 2.14. The second kappa shape index (κ2) is 6.89. The van der Waals surface area contributed by atoms with Crippen LogP contribution in [0.5, 0.6) is 0 Å². The molecule has 0 aliphatic rings. The zero-order valence-electron chi connectivity index (χ0n) is 13.5. The molecule has 0 amide bonds. The number of rotatable bonds is 4. The Morgan fingerprint density at radius 3 is 2.71 bits per heavy atom. The van der Waals surface area contributed by atoms with E-state index in [0.29, 0.717) is 17.1 Å². The Morgan fingerprint density at radius 2 is 1.96 bits per heavy atom. The molecule has 0 saturated carbocycles. The molecule has 5 heteroatoms. The zero-order chi connectivity index (χ0) is 17.1. The lowest BCUT2D eigenvalue weighted by Crippen LogP contribution is -2.08. The second-order valence-electron chi connectivity index (χ2n) is 5.38. The Kier molecular flexibility index (Phi) is 4.67. The van der Waals surface area contributed by atoms with E-state index < -0.39 is 5.97 Å². The molecule has 0 aliphatic heterocycles. The molecule has 0 fully saturated rings. The monoisotopic (exact) mass is 340 g/mol. The van der Waals surface area contributed by atoms with E-state index in [-0.39, 0.29) is 5.69 Å². The van der Waals surface area contributed by atoms with Crippen LogP contribution in [0, 0.1) is 6.92 Å². The predicted octanol–water partition coefficient (Wildman–Crippen LogP) is 5.12. The number of carbonyl (C=O) groups is 1. The number of anilines is 2. The average Bonchev–Trinajstić information content (AvgIpc) is 2.57. The third kappa shape index (κ3) is 3.34. The van der Waals surface area contributed by atoms with Gasteiger partial charge in [0.05, 0.1) is 17.8 Å². The van der Waals surface area contributed by atoms with Crippen molar-refractivity contribution in [2.45, 2.75) is 13.8 Å². The van der Waals surface area contributed by atoms with Gasteiger partial charge in [0.15, 0.2) is 5.69 Å². The summed E-state index contributed by atoms with van der Waals surface area (Å²) >= 11 is 6.13. The quantitative estimate of drug-likeness (QED) is 0.670. The van der Waals surface area contributed by atoms with Crippen molar-refractivity contribution in [3.63, 3.8) is 0 Å². The summed E-state index contributed by atoms with van der Waals surface area (Å²) in [4.78, 5) is 16.5. The van der Waals surface area contributed by atoms with Crippen LogP contribution in [0.15, 0.2) is 48.5 Å². The molecule has 0 radical (unpaired) electrons. The number of para-hydroxylation sites is 1. The van der Waals surface area contributed by atoms with Crippen LogP contribution in [0.25, 0.3) is 10.9 Å². The highest BCUT2D eigenvalue weighted by Crippen LogP contribution is 2.30. The topological polar surface area (TPSA) is 51.2 Å². The molecule has 3 rings (SSSR count). The highest BCUT2D eigenvalue weighted by atomic mass is 35.5. The lowest BCUT2D eigenvalue weighted by molar-refractivity contribution is 0.0520. The van der Waals surface area contributed by atoms with Gasteiger partial charge in [-0.2, -0.15) is 0 Å². The van der Waals surface area contributed by atoms with E-state index in [1.807, 2.05) is 37.3 Å². The summed E-state index contributed by atoms with van der Waals surface area (Å²) in [5.74, 6) is -0.442. The number of hydrogen-bond acceptors (Lipinski definition) is 4. The number of nitrogens with one attached hydrogen (secondary N) is 1. The molecule has 0 spiro atoms. The van der Waals surface area contributed by atoms with E-state index >= 15 is 0 Å². The van der Waals surface area contributed by atoms with Crippen molar-refractivity contribution in [2.75, 3.05) is 11.9 Å². The van der Waals surface area contributed by atoms with Crippen LogP contribution < -0.4 is 5.32 Å². The fraction of sp³-hybridized carbons (Fsp3) is 0.158. The normalized spacial score (nSPS) is 10.6. The molecular weight excluding hydrogens is 324 g/mol. The number of pyridine rings is 1. The summed E-state index contributed by atoms with van der Waals surface area (Å²) in [6, 6.07) is 15.0. The predicted molar refractivity (Wildman–Crippen MR) is 97.2 cm³/mol. The summed E-state index contributed by atoms with van der Waals surface area (Å²) in [7, 11) is 0. The molecular formula is C19H17ClN2O2. The van der Waals surface area contributed by atoms with Gasteiger partial charge in [-0.3, -0.25) is 0 Å². The van der Waals surface area contributed by atoms with Crippen LogP contribution in [0.3, 0.4) is 0 Å². The maximum absolute atomic E-state index is 12.1. The van der Waals surface area contributed by atoms with E-state index in [1.54, 1.807) is 25.1 Å². The number of benzene rings is 2. The number of fused-ring (bicyclic) bond motifs is 1. The van der Waals surface area contributed by atoms with Crippen LogP contribution in [-0.4, -0.2) is 17.6 Å². The molecule has 0 bridgehead atoms. The number of halogens is 1. The molecule has 0 saturated heterocycles. The smallest absolute Gasteiger partial charge is 0.357 e. The molecule has 2 aromatic carbocycles. The SMILES string of the molecule is CCOC(=O)c1cc(Nc2ccccc2C)c2cc(Cl)ccc2n1. The van der Waals surface area contributed by atoms with Crippen molar-refractivity contribution in [3.05, 3.63) is 64.8 Å². The molecule has 24 heavy (non-hydrogen) atoms. The number of hydrogen-bond donors (Lipinski definition) is 1. The van der Waals surface area contributed by atoms with Crippen LogP contribution in [0.2, 0.25) is 5.02 Å². The largest absolute Gasteiger partial charge is 0.461 e. The minimum Gasteiger partial charge on any atom is -0.461 e. The fourth-order valence-corrected chi connectivity index (χ4v) is 2.64. The molecule has 122 valence electrons. The Hall–Kier alpha value is -2.59. The Labute approximate surface area is 145 Å². The minimum atomic E-state index is -0.442. The number of aromatic nitrogens is 1. The molecule has 0 aliphatic carbocycles. The van der Waals surface area contributed by atoms with Crippen molar-refractivity contribution in [1.29, 1.82) is 0 Å². The van der Waals surface area contributed by atoms with Gasteiger partial charge in [0, 0.05) is 16.1 Å². The van der Waals surface area contributed by atoms with Gasteiger partial charge in [-0.1, -0.05) is 29.8 Å². The van der Waals surface area contributed by atoms with E-state index in [1.165, 1.54) is 0 Å². The first-order valence-corrected chi connectivity index (χ1v) is 8.06. The Morgan fingerprint density at radius 1 is 1.17 bits per heavy atom. The van der Waals surface area contributed by atoms with Gasteiger partial charge in [0.25, 0.3) is 0 Å². The second-order valence-corrected chi connectivity index (χ2v) is 5.81. The van der Waals surface area contributed by atoms with Gasteiger partial charge in [0.2, 0.25) is 0 Å². The number of carbonyl (C=O) groups excluding carboxylic acids is 1. The van der Waals surface area contributed by atoms with Crippen LogP contribution in [0.1, 0.15) is 23.0 Å². The van der Waals surface area contributed by atoms with Crippen molar-refractivity contribution in [1.82, 2.24) is 4.98 Å². The standard InChI is InChI=1S/C19H17ClN2O2/c1-3-24-19(23)18-11-17(21-15-7-5-4-6-12(15)2)14-10-13(20)8-9-16(14)22-18/h4-11H,3H2,1-2H3,(H,21,22). The van der Waals surface area contributed by atoms with Gasteiger partial charge in [-0.25, -0.2) is 9.78 Å². The number of esters is 1. The lowest BCUT2D eigenvalue weighted by atomic mass is 10.1. The Bertz CT molecular complexity index is 909. The van der Waals surface area contributed by atoms with Gasteiger partial charge < -0.3 is 10.1 Å². The van der Waals surface area contributed by atoms with Gasteiger partial charge in [0.1, 0.15) is 0 Å². The van der Waals surface area contributed by atoms with Crippen molar-refractivity contribution in [2.24, 2.45) is 0 Å².